The van der Waals surface area contributed by atoms with E-state index in [0.29, 0.717) is 11.8 Å². The number of amides is 1. The first kappa shape index (κ1) is 16.1. The molecule has 0 unspecified atom stereocenters. The fourth-order valence-electron chi connectivity index (χ4n) is 5.09. The standard InChI is InChI=1S/C21H29NO2/c23-19-10-6-17(7-11-19)16-4-8-18(9-5-16)22-15-14-21(20(22)24)12-2-1-3-13-21/h4-5,8-9,17,19,23H,1-3,6-7,10-15H2. The monoisotopic (exact) mass is 327 g/mol. The van der Waals surface area contributed by atoms with Gasteiger partial charge in [0.2, 0.25) is 5.91 Å². The van der Waals surface area contributed by atoms with E-state index in [1.54, 1.807) is 0 Å². The summed E-state index contributed by atoms with van der Waals surface area (Å²) in [5.41, 5.74) is 2.39. The van der Waals surface area contributed by atoms with Crippen LogP contribution in [0.2, 0.25) is 0 Å². The highest BCUT2D eigenvalue weighted by molar-refractivity contribution is 5.99. The molecule has 1 saturated heterocycles. The molecule has 3 heteroatoms. The van der Waals surface area contributed by atoms with Crippen molar-refractivity contribution in [2.75, 3.05) is 11.4 Å². The van der Waals surface area contributed by atoms with Crippen molar-refractivity contribution in [2.24, 2.45) is 5.41 Å². The van der Waals surface area contributed by atoms with Crippen LogP contribution in [0.15, 0.2) is 24.3 Å². The van der Waals surface area contributed by atoms with Crippen LogP contribution in [-0.2, 0) is 4.79 Å². The lowest BCUT2D eigenvalue weighted by molar-refractivity contribution is -0.127. The molecule has 0 atom stereocenters. The second-order valence-corrected chi connectivity index (χ2v) is 8.14. The van der Waals surface area contributed by atoms with Gasteiger partial charge in [0.15, 0.2) is 0 Å². The fraction of sp³-hybridized carbons (Fsp3) is 0.667. The van der Waals surface area contributed by atoms with E-state index in [1.165, 1.54) is 24.8 Å². The number of carbonyl (C=O) groups excluding carboxylic acids is 1. The van der Waals surface area contributed by atoms with Crippen molar-refractivity contribution in [3.05, 3.63) is 29.8 Å². The molecule has 24 heavy (non-hydrogen) atoms. The van der Waals surface area contributed by atoms with Crippen molar-refractivity contribution < 1.29 is 9.90 Å². The van der Waals surface area contributed by atoms with Gasteiger partial charge in [-0.15, -0.1) is 0 Å². The zero-order valence-corrected chi connectivity index (χ0v) is 14.5. The largest absolute Gasteiger partial charge is 0.393 e. The minimum absolute atomic E-state index is 0.0452. The van der Waals surface area contributed by atoms with Gasteiger partial charge in [-0.2, -0.15) is 0 Å². The van der Waals surface area contributed by atoms with Gasteiger partial charge in [-0.1, -0.05) is 31.4 Å². The Balaban J connectivity index is 1.46. The van der Waals surface area contributed by atoms with E-state index < -0.39 is 0 Å². The second-order valence-electron chi connectivity index (χ2n) is 8.14. The van der Waals surface area contributed by atoms with Gasteiger partial charge in [-0.05, 0) is 68.6 Å². The molecule has 0 bridgehead atoms. The number of aliphatic hydroxyl groups is 1. The van der Waals surface area contributed by atoms with Crippen LogP contribution >= 0.6 is 0 Å². The Bertz CT molecular complexity index is 580. The minimum Gasteiger partial charge on any atom is -0.393 e. The third-order valence-electron chi connectivity index (χ3n) is 6.70. The SMILES string of the molecule is O=C1N(c2ccc(C3CCC(O)CC3)cc2)CCC12CCCCC2. The highest BCUT2D eigenvalue weighted by Gasteiger charge is 2.47. The van der Waals surface area contributed by atoms with Gasteiger partial charge in [0.1, 0.15) is 0 Å². The van der Waals surface area contributed by atoms with Crippen LogP contribution in [-0.4, -0.2) is 23.7 Å². The Labute approximate surface area is 145 Å². The maximum Gasteiger partial charge on any atom is 0.233 e. The van der Waals surface area contributed by atoms with Crippen LogP contribution in [0.4, 0.5) is 5.69 Å². The van der Waals surface area contributed by atoms with Gasteiger partial charge in [0.05, 0.1) is 11.5 Å². The van der Waals surface area contributed by atoms with E-state index in [-0.39, 0.29) is 11.5 Å². The predicted octanol–water partition coefficient (Wildman–Crippen LogP) is 4.39. The Kier molecular flexibility index (Phi) is 4.38. The van der Waals surface area contributed by atoms with Gasteiger partial charge >= 0.3 is 0 Å². The van der Waals surface area contributed by atoms with Crippen molar-refractivity contribution in [3.63, 3.8) is 0 Å². The molecule has 1 amide bonds. The lowest BCUT2D eigenvalue weighted by Gasteiger charge is -2.31. The van der Waals surface area contributed by atoms with E-state index in [1.807, 2.05) is 4.90 Å². The summed E-state index contributed by atoms with van der Waals surface area (Å²) in [5, 5.41) is 9.67. The number of anilines is 1. The van der Waals surface area contributed by atoms with Crippen molar-refractivity contribution in [2.45, 2.75) is 76.2 Å². The smallest absolute Gasteiger partial charge is 0.233 e. The molecule has 1 spiro atoms. The molecule has 4 rings (SSSR count). The van der Waals surface area contributed by atoms with Crippen molar-refractivity contribution in [3.8, 4) is 0 Å². The van der Waals surface area contributed by atoms with Crippen molar-refractivity contribution >= 4 is 11.6 Å². The van der Waals surface area contributed by atoms with Crippen LogP contribution in [0, 0.1) is 5.41 Å². The summed E-state index contributed by atoms with van der Waals surface area (Å²) in [6.07, 6.45) is 10.8. The summed E-state index contributed by atoms with van der Waals surface area (Å²) >= 11 is 0. The molecule has 130 valence electrons. The zero-order chi connectivity index (χ0) is 16.6. The molecule has 1 aromatic carbocycles. The second kappa shape index (κ2) is 6.51. The first-order chi connectivity index (χ1) is 11.7. The number of hydrogen-bond donors (Lipinski definition) is 1. The van der Waals surface area contributed by atoms with Crippen LogP contribution in [0.3, 0.4) is 0 Å². The van der Waals surface area contributed by atoms with Crippen LogP contribution in [0.5, 0.6) is 0 Å². The van der Waals surface area contributed by atoms with E-state index in [0.717, 1.165) is 57.2 Å². The zero-order valence-electron chi connectivity index (χ0n) is 14.5. The molecule has 0 radical (unpaired) electrons. The molecule has 3 nitrogen and oxygen atoms in total. The van der Waals surface area contributed by atoms with E-state index in [9.17, 15) is 9.90 Å². The Hall–Kier alpha value is -1.35. The predicted molar refractivity (Wildman–Crippen MR) is 96.1 cm³/mol. The first-order valence-corrected chi connectivity index (χ1v) is 9.78. The third-order valence-corrected chi connectivity index (χ3v) is 6.70. The van der Waals surface area contributed by atoms with Crippen molar-refractivity contribution in [1.82, 2.24) is 0 Å². The Morgan fingerprint density at radius 3 is 2.25 bits per heavy atom. The molecular weight excluding hydrogens is 298 g/mol. The minimum atomic E-state index is -0.102. The number of rotatable bonds is 2. The number of nitrogens with zero attached hydrogens (tertiary/aromatic N) is 1. The van der Waals surface area contributed by atoms with Gasteiger partial charge < -0.3 is 10.0 Å². The molecule has 1 heterocycles. The topological polar surface area (TPSA) is 40.5 Å². The summed E-state index contributed by atoms with van der Waals surface area (Å²) in [6.45, 7) is 0.883. The third kappa shape index (κ3) is 2.88. The van der Waals surface area contributed by atoms with Gasteiger partial charge in [-0.3, -0.25) is 4.79 Å². The summed E-state index contributed by atoms with van der Waals surface area (Å²) in [5.74, 6) is 0.942. The molecule has 1 aromatic rings. The Morgan fingerprint density at radius 2 is 1.58 bits per heavy atom. The van der Waals surface area contributed by atoms with Crippen LogP contribution < -0.4 is 4.90 Å². The maximum absolute atomic E-state index is 13.0. The normalized spacial score (nSPS) is 30.0. The van der Waals surface area contributed by atoms with Crippen molar-refractivity contribution in [1.29, 1.82) is 0 Å². The molecule has 3 fully saturated rings. The molecule has 1 N–H and O–H groups in total. The highest BCUT2D eigenvalue weighted by Crippen LogP contribution is 2.46. The molecule has 2 aliphatic carbocycles. The Morgan fingerprint density at radius 1 is 0.917 bits per heavy atom. The number of hydrogen-bond acceptors (Lipinski definition) is 2. The summed E-state index contributed by atoms with van der Waals surface area (Å²) < 4.78 is 0. The maximum atomic E-state index is 13.0. The van der Waals surface area contributed by atoms with Crippen LogP contribution in [0.1, 0.15) is 75.7 Å². The molecule has 2 saturated carbocycles. The van der Waals surface area contributed by atoms with Gasteiger partial charge in [0.25, 0.3) is 0 Å². The van der Waals surface area contributed by atoms with E-state index in [4.69, 9.17) is 0 Å². The summed E-state index contributed by atoms with van der Waals surface area (Å²) in [6, 6.07) is 8.69. The number of carbonyl (C=O) groups is 1. The highest BCUT2D eigenvalue weighted by atomic mass is 16.3. The fourth-order valence-corrected chi connectivity index (χ4v) is 5.09. The lowest BCUT2D eigenvalue weighted by atomic mass is 9.73. The summed E-state index contributed by atoms with van der Waals surface area (Å²) in [7, 11) is 0. The van der Waals surface area contributed by atoms with Crippen LogP contribution in [0.25, 0.3) is 0 Å². The number of aliphatic hydroxyl groups excluding tert-OH is 1. The molecule has 1 aliphatic heterocycles. The molecule has 3 aliphatic rings. The van der Waals surface area contributed by atoms with E-state index in [2.05, 4.69) is 24.3 Å². The number of benzene rings is 1. The van der Waals surface area contributed by atoms with E-state index >= 15 is 0 Å². The van der Waals surface area contributed by atoms with Gasteiger partial charge in [-0.25, -0.2) is 0 Å². The average Bonchev–Trinajstić information content (AvgIpc) is 2.93. The first-order valence-electron chi connectivity index (χ1n) is 9.78. The molecular formula is C21H29NO2. The summed E-state index contributed by atoms with van der Waals surface area (Å²) in [4.78, 5) is 15.0. The lowest BCUT2D eigenvalue weighted by Crippen LogP contribution is -2.36. The quantitative estimate of drug-likeness (QED) is 0.875. The van der Waals surface area contributed by atoms with Gasteiger partial charge in [0, 0.05) is 12.2 Å². The molecule has 0 aromatic heterocycles. The average molecular weight is 327 g/mol.